The van der Waals surface area contributed by atoms with Crippen molar-refractivity contribution in [2.24, 2.45) is 0 Å². The second-order valence-electron chi connectivity index (χ2n) is 11.3. The molecule has 232 valence electrons. The van der Waals surface area contributed by atoms with Gasteiger partial charge in [0.15, 0.2) is 11.5 Å². The molecule has 3 rings (SSSR count). The second kappa shape index (κ2) is 18.4. The van der Waals surface area contributed by atoms with Crippen LogP contribution in [0.25, 0.3) is 11.3 Å². The summed E-state index contributed by atoms with van der Waals surface area (Å²) in [4.78, 5) is 0. The Morgan fingerprint density at radius 1 is 0.738 bits per heavy atom. The van der Waals surface area contributed by atoms with Crippen LogP contribution in [0.1, 0.15) is 124 Å². The summed E-state index contributed by atoms with van der Waals surface area (Å²) < 4.78 is 12.0. The van der Waals surface area contributed by atoms with Crippen LogP contribution < -0.4 is 9.47 Å². The van der Waals surface area contributed by atoms with E-state index < -0.39 is 0 Å². The summed E-state index contributed by atoms with van der Waals surface area (Å²) in [6, 6.07) is 15.5. The Hall–Kier alpha value is -3.15. The third-order valence-electron chi connectivity index (χ3n) is 8.91. The highest BCUT2D eigenvalue weighted by Gasteiger charge is 2.36. The van der Waals surface area contributed by atoms with E-state index in [9.17, 15) is 5.11 Å². The number of hydrogen-bond donors (Lipinski definition) is 1. The molecule has 0 fully saturated rings. The Labute approximate surface area is 255 Å². The highest BCUT2D eigenvalue weighted by molar-refractivity contribution is 5.66. The van der Waals surface area contributed by atoms with E-state index in [1.54, 1.807) is 25.4 Å². The van der Waals surface area contributed by atoms with Gasteiger partial charge < -0.3 is 14.6 Å². The van der Waals surface area contributed by atoms with Gasteiger partial charge in [-0.2, -0.15) is 0 Å². The Morgan fingerprint density at radius 2 is 1.40 bits per heavy atom. The predicted octanol–water partition coefficient (Wildman–Crippen LogP) is 10.1. The van der Waals surface area contributed by atoms with Crippen LogP contribution in [0, 0.1) is 0 Å². The molecule has 0 radical (unpaired) electrons. The average molecular weight is 578 g/mol. The van der Waals surface area contributed by atoms with Gasteiger partial charge >= 0.3 is 0 Å². The number of benzene rings is 2. The van der Waals surface area contributed by atoms with Crippen molar-refractivity contribution in [3.63, 3.8) is 0 Å². The number of para-hydroxylation sites is 2. The Kier molecular flexibility index (Phi) is 15.4. The molecule has 2 aromatic carbocycles. The van der Waals surface area contributed by atoms with Gasteiger partial charge in [-0.15, -0.1) is 10.2 Å². The quantitative estimate of drug-likeness (QED) is 0.161. The number of methoxy groups -OCH3 is 1. The SMILES string of the molecule is CCCCCC(CC)(CC)Oc1c(O)cccc1C(CC)(CC)CCCCC.COc1ccccc1-c1ccnnn1. The molecule has 0 amide bonds. The molecule has 0 aliphatic heterocycles. The first-order valence-corrected chi connectivity index (χ1v) is 16.2. The third kappa shape index (κ3) is 9.43. The van der Waals surface area contributed by atoms with Crippen LogP contribution in [0.4, 0.5) is 0 Å². The zero-order chi connectivity index (χ0) is 30.8. The van der Waals surface area contributed by atoms with Crippen molar-refractivity contribution >= 4 is 0 Å². The fourth-order valence-corrected chi connectivity index (χ4v) is 5.84. The molecule has 0 spiro atoms. The molecule has 1 heterocycles. The molecule has 0 atom stereocenters. The number of nitrogens with zero attached hydrogens (tertiary/aromatic N) is 3. The summed E-state index contributed by atoms with van der Waals surface area (Å²) in [6.07, 6.45) is 15.3. The van der Waals surface area contributed by atoms with Gasteiger partial charge in [0.1, 0.15) is 17.0 Å². The van der Waals surface area contributed by atoms with Crippen molar-refractivity contribution in [3.05, 3.63) is 60.3 Å². The lowest BCUT2D eigenvalue weighted by atomic mass is 9.71. The lowest BCUT2D eigenvalue weighted by molar-refractivity contribution is 0.0428. The number of rotatable bonds is 17. The topological polar surface area (TPSA) is 77.4 Å². The van der Waals surface area contributed by atoms with Crippen molar-refractivity contribution in [2.75, 3.05) is 7.11 Å². The molecule has 0 bridgehead atoms. The number of unbranched alkanes of at least 4 members (excludes halogenated alkanes) is 4. The van der Waals surface area contributed by atoms with Gasteiger partial charge in [-0.1, -0.05) is 97.9 Å². The van der Waals surface area contributed by atoms with E-state index >= 15 is 0 Å². The summed E-state index contributed by atoms with van der Waals surface area (Å²) in [5.41, 5.74) is 2.80. The number of ether oxygens (including phenoxy) is 2. The summed E-state index contributed by atoms with van der Waals surface area (Å²) in [6.45, 7) is 13.5. The Bertz CT molecular complexity index is 1140. The second-order valence-corrected chi connectivity index (χ2v) is 11.3. The van der Waals surface area contributed by atoms with Crippen LogP contribution in [0.3, 0.4) is 0 Å². The number of aromatic hydroxyl groups is 1. The minimum atomic E-state index is -0.181. The maximum Gasteiger partial charge on any atom is 0.165 e. The van der Waals surface area contributed by atoms with Crippen molar-refractivity contribution in [3.8, 4) is 28.5 Å². The largest absolute Gasteiger partial charge is 0.504 e. The molecule has 3 aromatic rings. The highest BCUT2D eigenvalue weighted by atomic mass is 16.5. The van der Waals surface area contributed by atoms with Crippen molar-refractivity contribution in [1.82, 2.24) is 15.4 Å². The first-order valence-electron chi connectivity index (χ1n) is 16.2. The fourth-order valence-electron chi connectivity index (χ4n) is 5.84. The number of phenols is 1. The summed E-state index contributed by atoms with van der Waals surface area (Å²) in [7, 11) is 1.63. The molecule has 1 aromatic heterocycles. The molecule has 42 heavy (non-hydrogen) atoms. The van der Waals surface area contributed by atoms with Gasteiger partial charge in [0.2, 0.25) is 0 Å². The third-order valence-corrected chi connectivity index (χ3v) is 8.91. The summed E-state index contributed by atoms with van der Waals surface area (Å²) in [5.74, 6) is 1.84. The molecule has 0 unspecified atom stereocenters. The maximum atomic E-state index is 10.8. The van der Waals surface area contributed by atoms with Crippen molar-refractivity contribution in [1.29, 1.82) is 0 Å². The van der Waals surface area contributed by atoms with Gasteiger partial charge in [0.25, 0.3) is 0 Å². The summed E-state index contributed by atoms with van der Waals surface area (Å²) in [5, 5.41) is 21.9. The van der Waals surface area contributed by atoms with E-state index in [0.717, 1.165) is 61.3 Å². The molecular weight excluding hydrogens is 522 g/mol. The van der Waals surface area contributed by atoms with E-state index in [1.165, 1.54) is 44.1 Å². The van der Waals surface area contributed by atoms with Crippen LogP contribution in [0.2, 0.25) is 0 Å². The normalized spacial score (nSPS) is 11.5. The smallest absolute Gasteiger partial charge is 0.165 e. The number of phenolic OH excluding ortho intramolecular Hbond substituents is 1. The van der Waals surface area contributed by atoms with E-state index in [0.29, 0.717) is 5.75 Å². The van der Waals surface area contributed by atoms with E-state index in [4.69, 9.17) is 9.47 Å². The first-order chi connectivity index (χ1) is 20.4. The van der Waals surface area contributed by atoms with Crippen LogP contribution in [-0.4, -0.2) is 33.2 Å². The zero-order valence-electron chi connectivity index (χ0n) is 27.3. The number of hydrogen-bond acceptors (Lipinski definition) is 6. The molecular formula is C36H55N3O3. The van der Waals surface area contributed by atoms with E-state index in [2.05, 4.69) is 63.0 Å². The van der Waals surface area contributed by atoms with Crippen LogP contribution in [-0.2, 0) is 5.41 Å². The average Bonchev–Trinajstić information content (AvgIpc) is 3.04. The molecule has 6 heteroatoms. The lowest BCUT2D eigenvalue weighted by Gasteiger charge is -2.38. The minimum absolute atomic E-state index is 0.0832. The molecule has 1 N–H and O–H groups in total. The predicted molar refractivity (Wildman–Crippen MR) is 174 cm³/mol. The zero-order valence-corrected chi connectivity index (χ0v) is 27.3. The standard InChI is InChI=1S/C26H46O2.C10H9N3O/c1-7-13-15-20-25(9-3,10-4)22-18-17-19-23(27)24(22)28-26(11-5,12-6)21-16-14-8-2;1-14-10-5-3-2-4-8(10)9-6-7-11-13-12-9/h17-19,27H,7-16,20-21H2,1-6H3;2-7H,1H3. The van der Waals surface area contributed by atoms with Crippen LogP contribution >= 0.6 is 0 Å². The molecule has 0 aliphatic rings. The summed E-state index contributed by atoms with van der Waals surface area (Å²) >= 11 is 0. The van der Waals surface area contributed by atoms with E-state index in [-0.39, 0.29) is 11.0 Å². The van der Waals surface area contributed by atoms with E-state index in [1.807, 2.05) is 30.3 Å². The van der Waals surface area contributed by atoms with Crippen molar-refractivity contribution < 1.29 is 14.6 Å². The van der Waals surface area contributed by atoms with Gasteiger partial charge in [-0.05, 0) is 79.8 Å². The minimum Gasteiger partial charge on any atom is -0.504 e. The molecule has 0 saturated carbocycles. The number of aromatic nitrogens is 3. The van der Waals surface area contributed by atoms with Gasteiger partial charge in [0.05, 0.1) is 13.3 Å². The van der Waals surface area contributed by atoms with Crippen LogP contribution in [0.5, 0.6) is 17.2 Å². The monoisotopic (exact) mass is 577 g/mol. The van der Waals surface area contributed by atoms with Gasteiger partial charge in [-0.3, -0.25) is 0 Å². The van der Waals surface area contributed by atoms with Gasteiger partial charge in [-0.25, -0.2) is 0 Å². The van der Waals surface area contributed by atoms with Gasteiger partial charge in [0, 0.05) is 11.1 Å². The first kappa shape index (κ1) is 35.0. The van der Waals surface area contributed by atoms with Crippen LogP contribution in [0.15, 0.2) is 54.7 Å². The van der Waals surface area contributed by atoms with Crippen molar-refractivity contribution in [2.45, 2.75) is 130 Å². The highest BCUT2D eigenvalue weighted by Crippen LogP contribution is 2.47. The molecule has 0 aliphatic carbocycles. The Morgan fingerprint density at radius 3 is 1.98 bits per heavy atom. The fraction of sp³-hybridized carbons (Fsp3) is 0.583. The molecule has 0 saturated heterocycles. The lowest BCUT2D eigenvalue weighted by Crippen LogP contribution is -2.36. The molecule has 6 nitrogen and oxygen atoms in total. The Balaban J connectivity index is 0.000000363. The maximum absolute atomic E-state index is 10.8.